The van der Waals surface area contributed by atoms with Crippen molar-refractivity contribution in [3.05, 3.63) is 53.6 Å². The molecule has 0 amide bonds. The molecule has 1 aromatic carbocycles. The summed E-state index contributed by atoms with van der Waals surface area (Å²) in [7, 11) is 0. The Hall–Kier alpha value is -2.43. The summed E-state index contributed by atoms with van der Waals surface area (Å²) in [4.78, 5) is 14.7. The van der Waals surface area contributed by atoms with Crippen molar-refractivity contribution in [2.24, 2.45) is 0 Å². The van der Waals surface area contributed by atoms with Crippen molar-refractivity contribution in [3.63, 3.8) is 0 Å². The van der Waals surface area contributed by atoms with Crippen LogP contribution < -0.4 is 5.32 Å². The number of nitrogens with zero attached hydrogens (tertiary/aromatic N) is 1. The van der Waals surface area contributed by atoms with E-state index in [1.807, 2.05) is 0 Å². The lowest BCUT2D eigenvalue weighted by Gasteiger charge is -2.10. The number of carboxylic acid groups (broad SMARTS) is 1. The summed E-state index contributed by atoms with van der Waals surface area (Å²) in [5.74, 6) is -1.54. The van der Waals surface area contributed by atoms with E-state index < -0.39 is 11.8 Å². The standard InChI is InChI=1S/C13H11FN2O2/c1-8-2-3-12(10(14)6-8)16-11-4-5-15-7-9(11)13(17)18/h2-7H,1H3,(H,15,16)(H,17,18). The topological polar surface area (TPSA) is 62.2 Å². The van der Waals surface area contributed by atoms with Crippen LogP contribution in [0.4, 0.5) is 15.8 Å². The zero-order chi connectivity index (χ0) is 13.1. The molecule has 2 rings (SSSR count). The van der Waals surface area contributed by atoms with E-state index in [9.17, 15) is 9.18 Å². The van der Waals surface area contributed by atoms with Gasteiger partial charge in [-0.15, -0.1) is 0 Å². The molecule has 2 aromatic rings. The number of carboxylic acids is 1. The van der Waals surface area contributed by atoms with Gasteiger partial charge in [-0.1, -0.05) is 6.07 Å². The van der Waals surface area contributed by atoms with Gasteiger partial charge in [-0.25, -0.2) is 9.18 Å². The van der Waals surface area contributed by atoms with Crippen LogP contribution in [0.25, 0.3) is 0 Å². The van der Waals surface area contributed by atoms with Crippen molar-refractivity contribution in [3.8, 4) is 0 Å². The predicted molar refractivity (Wildman–Crippen MR) is 65.6 cm³/mol. The lowest BCUT2D eigenvalue weighted by Crippen LogP contribution is -2.04. The molecule has 5 heteroatoms. The van der Waals surface area contributed by atoms with Crippen molar-refractivity contribution in [1.29, 1.82) is 0 Å². The lowest BCUT2D eigenvalue weighted by molar-refractivity contribution is 0.0697. The first kappa shape index (κ1) is 12.0. The third kappa shape index (κ3) is 2.45. The van der Waals surface area contributed by atoms with E-state index in [-0.39, 0.29) is 11.3 Å². The second-order valence-electron chi connectivity index (χ2n) is 3.83. The van der Waals surface area contributed by atoms with Crippen molar-refractivity contribution in [2.45, 2.75) is 6.92 Å². The first-order valence-corrected chi connectivity index (χ1v) is 5.28. The Morgan fingerprint density at radius 3 is 2.78 bits per heavy atom. The maximum absolute atomic E-state index is 13.6. The highest BCUT2D eigenvalue weighted by atomic mass is 19.1. The molecule has 0 saturated heterocycles. The van der Waals surface area contributed by atoms with Crippen LogP contribution in [-0.2, 0) is 0 Å². The molecule has 92 valence electrons. The molecule has 4 nitrogen and oxygen atoms in total. The maximum atomic E-state index is 13.6. The average molecular weight is 246 g/mol. The van der Waals surface area contributed by atoms with Crippen LogP contribution >= 0.6 is 0 Å². The molecule has 0 radical (unpaired) electrons. The molecule has 0 aliphatic rings. The Morgan fingerprint density at radius 1 is 1.33 bits per heavy atom. The second-order valence-corrected chi connectivity index (χ2v) is 3.83. The van der Waals surface area contributed by atoms with Crippen molar-refractivity contribution in [2.75, 3.05) is 5.32 Å². The van der Waals surface area contributed by atoms with Gasteiger partial charge in [0.25, 0.3) is 0 Å². The van der Waals surface area contributed by atoms with Crippen molar-refractivity contribution in [1.82, 2.24) is 4.98 Å². The van der Waals surface area contributed by atoms with Gasteiger partial charge in [0.1, 0.15) is 11.4 Å². The fourth-order valence-electron chi connectivity index (χ4n) is 1.54. The molecule has 0 aliphatic heterocycles. The number of aryl methyl sites for hydroxylation is 1. The molecule has 1 heterocycles. The number of aromatic nitrogens is 1. The molecule has 0 aliphatic carbocycles. The number of hydrogen-bond donors (Lipinski definition) is 2. The summed E-state index contributed by atoms with van der Waals surface area (Å²) in [5, 5.41) is 11.7. The highest BCUT2D eigenvalue weighted by Gasteiger charge is 2.11. The fraction of sp³-hybridized carbons (Fsp3) is 0.0769. The summed E-state index contributed by atoms with van der Waals surface area (Å²) in [6, 6.07) is 6.18. The Balaban J connectivity index is 2.37. The van der Waals surface area contributed by atoms with Gasteiger partial charge in [-0.2, -0.15) is 0 Å². The first-order chi connectivity index (χ1) is 8.58. The number of pyridine rings is 1. The van der Waals surface area contributed by atoms with E-state index in [0.29, 0.717) is 5.69 Å². The minimum atomic E-state index is -1.11. The van der Waals surface area contributed by atoms with Gasteiger partial charge >= 0.3 is 5.97 Å². The van der Waals surface area contributed by atoms with E-state index >= 15 is 0 Å². The minimum absolute atomic E-state index is 0.00234. The quantitative estimate of drug-likeness (QED) is 0.874. The summed E-state index contributed by atoms with van der Waals surface area (Å²) < 4.78 is 13.6. The zero-order valence-corrected chi connectivity index (χ0v) is 9.64. The molecule has 0 bridgehead atoms. The van der Waals surface area contributed by atoms with Gasteiger partial charge in [0.05, 0.1) is 11.4 Å². The molecule has 1 aromatic heterocycles. The molecule has 0 fully saturated rings. The Labute approximate surface area is 103 Å². The average Bonchev–Trinajstić information content (AvgIpc) is 2.33. The highest BCUT2D eigenvalue weighted by Crippen LogP contribution is 2.23. The predicted octanol–water partition coefficient (Wildman–Crippen LogP) is 2.97. The second kappa shape index (κ2) is 4.83. The van der Waals surface area contributed by atoms with Gasteiger partial charge in [0.15, 0.2) is 0 Å². The van der Waals surface area contributed by atoms with E-state index in [4.69, 9.17) is 5.11 Å². The molecule has 0 spiro atoms. The normalized spacial score (nSPS) is 10.1. The summed E-state index contributed by atoms with van der Waals surface area (Å²) >= 11 is 0. The minimum Gasteiger partial charge on any atom is -0.478 e. The van der Waals surface area contributed by atoms with E-state index in [1.54, 1.807) is 19.1 Å². The van der Waals surface area contributed by atoms with Crippen LogP contribution in [0.5, 0.6) is 0 Å². The lowest BCUT2D eigenvalue weighted by atomic mass is 10.2. The molecule has 2 N–H and O–H groups in total. The first-order valence-electron chi connectivity index (χ1n) is 5.28. The number of nitrogens with one attached hydrogen (secondary N) is 1. The fourth-order valence-corrected chi connectivity index (χ4v) is 1.54. The highest BCUT2D eigenvalue weighted by molar-refractivity contribution is 5.94. The SMILES string of the molecule is Cc1ccc(Nc2ccncc2C(=O)O)c(F)c1. The van der Waals surface area contributed by atoms with Gasteiger partial charge in [-0.3, -0.25) is 4.98 Å². The van der Waals surface area contributed by atoms with Crippen LogP contribution in [0.3, 0.4) is 0 Å². The van der Waals surface area contributed by atoms with E-state index in [2.05, 4.69) is 10.3 Å². The van der Waals surface area contributed by atoms with Gasteiger partial charge in [-0.05, 0) is 30.7 Å². The Kier molecular flexibility index (Phi) is 3.23. The smallest absolute Gasteiger partial charge is 0.339 e. The van der Waals surface area contributed by atoms with Crippen LogP contribution in [0.2, 0.25) is 0 Å². The number of anilines is 2. The maximum Gasteiger partial charge on any atom is 0.339 e. The number of aromatic carboxylic acids is 1. The number of rotatable bonds is 3. The molecule has 0 saturated carbocycles. The van der Waals surface area contributed by atoms with Crippen LogP contribution in [0.1, 0.15) is 15.9 Å². The number of hydrogen-bond acceptors (Lipinski definition) is 3. The third-order valence-electron chi connectivity index (χ3n) is 2.45. The van der Waals surface area contributed by atoms with Crippen LogP contribution in [0, 0.1) is 12.7 Å². The largest absolute Gasteiger partial charge is 0.478 e. The van der Waals surface area contributed by atoms with E-state index in [0.717, 1.165) is 5.56 Å². The van der Waals surface area contributed by atoms with Crippen LogP contribution in [-0.4, -0.2) is 16.1 Å². The molecular formula is C13H11FN2O2. The Morgan fingerprint density at radius 2 is 2.11 bits per heavy atom. The van der Waals surface area contributed by atoms with E-state index in [1.165, 1.54) is 24.5 Å². The molecule has 0 atom stereocenters. The van der Waals surface area contributed by atoms with Crippen molar-refractivity contribution < 1.29 is 14.3 Å². The number of benzene rings is 1. The van der Waals surface area contributed by atoms with Crippen LogP contribution in [0.15, 0.2) is 36.7 Å². The molecular weight excluding hydrogens is 235 g/mol. The summed E-state index contributed by atoms with van der Waals surface area (Å²) in [5.41, 5.74) is 1.33. The molecule has 0 unspecified atom stereocenters. The third-order valence-corrected chi connectivity index (χ3v) is 2.45. The van der Waals surface area contributed by atoms with Gasteiger partial charge in [0.2, 0.25) is 0 Å². The molecule has 18 heavy (non-hydrogen) atoms. The zero-order valence-electron chi connectivity index (χ0n) is 9.64. The summed E-state index contributed by atoms with van der Waals surface area (Å²) in [6.07, 6.45) is 2.66. The number of carbonyl (C=O) groups is 1. The van der Waals surface area contributed by atoms with Gasteiger partial charge < -0.3 is 10.4 Å². The monoisotopic (exact) mass is 246 g/mol. The summed E-state index contributed by atoms with van der Waals surface area (Å²) in [6.45, 7) is 1.78. The van der Waals surface area contributed by atoms with Gasteiger partial charge in [0, 0.05) is 12.4 Å². The van der Waals surface area contributed by atoms with Crippen molar-refractivity contribution >= 4 is 17.3 Å². The Bertz CT molecular complexity index is 599. The number of halogens is 1.